The van der Waals surface area contributed by atoms with E-state index in [1.54, 1.807) is 19.2 Å². The summed E-state index contributed by atoms with van der Waals surface area (Å²) in [6.07, 6.45) is 0.770. The lowest BCUT2D eigenvalue weighted by molar-refractivity contribution is -0.139. The van der Waals surface area contributed by atoms with Crippen LogP contribution in [0.5, 0.6) is 0 Å². The maximum absolute atomic E-state index is 13.8. The van der Waals surface area contributed by atoms with Crippen LogP contribution in [0.1, 0.15) is 30.5 Å². The average molecular weight is 557 g/mol. The van der Waals surface area contributed by atoms with Crippen molar-refractivity contribution in [1.29, 1.82) is 0 Å². The van der Waals surface area contributed by atoms with Crippen LogP contribution in [0.3, 0.4) is 0 Å². The van der Waals surface area contributed by atoms with E-state index in [1.165, 1.54) is 23.5 Å². The maximum atomic E-state index is 13.8. The SMILES string of the molecule is CCOC(=O)C1=C(CN2CC(F)C2C)NC(c2nccs2)=N[C@H]1c1ccc(F)cc1Br.O=CO. The topological polar surface area (TPSA) is 104 Å². The fourth-order valence-electron chi connectivity index (χ4n) is 3.61. The number of carbonyl (C=O) groups excluding carboxylic acids is 1. The first-order valence-electron chi connectivity index (χ1n) is 10.4. The van der Waals surface area contributed by atoms with Gasteiger partial charge in [-0.15, -0.1) is 11.3 Å². The quantitative estimate of drug-likeness (QED) is 0.413. The third kappa shape index (κ3) is 5.68. The Hall–Kier alpha value is -2.70. The molecule has 1 fully saturated rings. The standard InChI is InChI=1S/C21H21BrF2N4O2S.CH2O2/c1-3-30-21(29)17-16(10-28-9-15(24)11(28)2)26-19(20-25-6-7-31-20)27-18(17)13-5-4-12(23)8-14(13)22;2-1-3/h4-8,11,15,18H,3,9-10H2,1-2H3,(H,26,27);1H,(H,2,3)/t11?,15?,18-;/m0./s1. The van der Waals surface area contributed by atoms with Gasteiger partial charge in [0, 0.05) is 40.9 Å². The van der Waals surface area contributed by atoms with Crippen LogP contribution in [0.4, 0.5) is 8.78 Å². The Balaban J connectivity index is 0.00000103. The molecule has 3 atom stereocenters. The molecule has 2 aromatic rings. The Kier molecular flexibility index (Phi) is 8.86. The smallest absolute Gasteiger partial charge is 0.338 e. The van der Waals surface area contributed by atoms with E-state index >= 15 is 0 Å². The van der Waals surface area contributed by atoms with Crippen LogP contribution in [0, 0.1) is 5.82 Å². The number of aromatic nitrogens is 1. The number of aliphatic imine (C=N–C) groups is 1. The Bertz CT molecular complexity index is 1100. The van der Waals surface area contributed by atoms with Crippen LogP contribution in [0.15, 0.2) is 50.5 Å². The number of esters is 1. The fraction of sp³-hybridized carbons (Fsp3) is 0.364. The lowest BCUT2D eigenvalue weighted by Crippen LogP contribution is -2.58. The van der Waals surface area contributed by atoms with Crippen molar-refractivity contribution in [3.8, 4) is 0 Å². The molecule has 0 saturated carbocycles. The van der Waals surface area contributed by atoms with E-state index in [1.807, 2.05) is 17.2 Å². The van der Waals surface area contributed by atoms with Crippen LogP contribution in [-0.2, 0) is 14.3 Å². The van der Waals surface area contributed by atoms with Crippen molar-refractivity contribution in [2.24, 2.45) is 4.99 Å². The number of carbonyl (C=O) groups is 2. The van der Waals surface area contributed by atoms with Crippen LogP contribution in [-0.4, -0.2) is 65.2 Å². The first kappa shape index (κ1) is 25.9. The summed E-state index contributed by atoms with van der Waals surface area (Å²) in [5.74, 6) is -0.415. The molecule has 2 unspecified atom stereocenters. The molecule has 1 saturated heterocycles. The Labute approximate surface area is 207 Å². The van der Waals surface area contributed by atoms with Crippen molar-refractivity contribution in [1.82, 2.24) is 15.2 Å². The zero-order valence-corrected chi connectivity index (χ0v) is 20.8. The predicted octanol–water partition coefficient (Wildman–Crippen LogP) is 3.70. The largest absolute Gasteiger partial charge is 0.483 e. The molecular weight excluding hydrogens is 534 g/mol. The molecule has 0 aliphatic carbocycles. The number of thiazole rings is 1. The van der Waals surface area contributed by atoms with Gasteiger partial charge in [-0.1, -0.05) is 22.0 Å². The normalized spacial score (nSPS) is 22.0. The van der Waals surface area contributed by atoms with Gasteiger partial charge in [-0.3, -0.25) is 14.7 Å². The molecule has 1 aromatic carbocycles. The van der Waals surface area contributed by atoms with E-state index in [0.29, 0.717) is 38.7 Å². The van der Waals surface area contributed by atoms with Gasteiger partial charge in [0.25, 0.3) is 6.47 Å². The number of benzene rings is 1. The van der Waals surface area contributed by atoms with E-state index in [-0.39, 0.29) is 25.7 Å². The summed E-state index contributed by atoms with van der Waals surface area (Å²) in [5.41, 5.74) is 1.53. The van der Waals surface area contributed by atoms with Gasteiger partial charge in [0.15, 0.2) is 10.8 Å². The van der Waals surface area contributed by atoms with Gasteiger partial charge in [-0.25, -0.2) is 18.6 Å². The third-order valence-electron chi connectivity index (χ3n) is 5.38. The number of hydrogen-bond acceptors (Lipinski definition) is 8. The van der Waals surface area contributed by atoms with Crippen molar-refractivity contribution < 1.29 is 28.2 Å². The molecule has 0 radical (unpaired) electrons. The highest BCUT2D eigenvalue weighted by Crippen LogP contribution is 2.37. The van der Waals surface area contributed by atoms with E-state index in [4.69, 9.17) is 19.6 Å². The number of amidine groups is 1. The molecule has 3 heterocycles. The molecule has 182 valence electrons. The lowest BCUT2D eigenvalue weighted by Gasteiger charge is -2.43. The molecule has 12 heteroatoms. The zero-order chi connectivity index (χ0) is 24.8. The summed E-state index contributed by atoms with van der Waals surface area (Å²) in [7, 11) is 0. The predicted molar refractivity (Wildman–Crippen MR) is 127 cm³/mol. The van der Waals surface area contributed by atoms with Gasteiger partial charge in [-0.2, -0.15) is 0 Å². The maximum Gasteiger partial charge on any atom is 0.338 e. The molecule has 2 aliphatic rings. The van der Waals surface area contributed by atoms with E-state index < -0.39 is 24.0 Å². The first-order chi connectivity index (χ1) is 16.3. The molecule has 34 heavy (non-hydrogen) atoms. The Morgan fingerprint density at radius 3 is 2.76 bits per heavy atom. The number of nitrogens with one attached hydrogen (secondary N) is 1. The minimum Gasteiger partial charge on any atom is -0.483 e. The highest BCUT2D eigenvalue weighted by Gasteiger charge is 2.39. The summed E-state index contributed by atoms with van der Waals surface area (Å²) in [5, 5.41) is 12.6. The second-order valence-electron chi connectivity index (χ2n) is 7.41. The summed E-state index contributed by atoms with van der Waals surface area (Å²) >= 11 is 4.81. The molecule has 2 aliphatic heterocycles. The molecule has 1 aromatic heterocycles. The zero-order valence-electron chi connectivity index (χ0n) is 18.4. The minimum atomic E-state index is -0.899. The van der Waals surface area contributed by atoms with Gasteiger partial charge in [0.2, 0.25) is 0 Å². The minimum absolute atomic E-state index is 0.197. The van der Waals surface area contributed by atoms with Gasteiger partial charge < -0.3 is 15.2 Å². The fourth-order valence-corrected chi connectivity index (χ4v) is 4.77. The second-order valence-corrected chi connectivity index (χ2v) is 9.16. The van der Waals surface area contributed by atoms with Gasteiger partial charge in [-0.05, 0) is 31.5 Å². The van der Waals surface area contributed by atoms with Crippen molar-refractivity contribution in [3.63, 3.8) is 0 Å². The molecule has 0 amide bonds. The summed E-state index contributed by atoms with van der Waals surface area (Å²) in [6.45, 7) is 4.10. The lowest BCUT2D eigenvalue weighted by atomic mass is 9.94. The Morgan fingerprint density at radius 2 is 2.21 bits per heavy atom. The number of nitrogens with zero attached hydrogens (tertiary/aromatic N) is 3. The molecular formula is C22H23BrF2N4O4S. The molecule has 0 spiro atoms. The highest BCUT2D eigenvalue weighted by atomic mass is 79.9. The number of carboxylic acid groups (broad SMARTS) is 1. The average Bonchev–Trinajstić information content (AvgIpc) is 3.34. The molecule has 8 nitrogen and oxygen atoms in total. The number of halogens is 3. The summed E-state index contributed by atoms with van der Waals surface area (Å²) < 4.78 is 33.3. The molecule has 2 N–H and O–H groups in total. The van der Waals surface area contributed by atoms with Crippen molar-refractivity contribution in [2.75, 3.05) is 19.7 Å². The number of alkyl halides is 1. The van der Waals surface area contributed by atoms with E-state index in [9.17, 15) is 13.6 Å². The highest BCUT2D eigenvalue weighted by molar-refractivity contribution is 9.10. The first-order valence-corrected chi connectivity index (χ1v) is 12.0. The third-order valence-corrected chi connectivity index (χ3v) is 6.85. The number of hydrogen-bond donors (Lipinski definition) is 2. The summed E-state index contributed by atoms with van der Waals surface area (Å²) in [6, 6.07) is 3.27. The van der Waals surface area contributed by atoms with E-state index in [2.05, 4.69) is 26.2 Å². The van der Waals surface area contributed by atoms with Crippen molar-refractivity contribution in [2.45, 2.75) is 32.1 Å². The summed E-state index contributed by atoms with van der Waals surface area (Å²) in [4.78, 5) is 32.4. The van der Waals surface area contributed by atoms with Crippen LogP contribution in [0.2, 0.25) is 0 Å². The van der Waals surface area contributed by atoms with Gasteiger partial charge >= 0.3 is 5.97 Å². The van der Waals surface area contributed by atoms with Gasteiger partial charge in [0.1, 0.15) is 18.0 Å². The van der Waals surface area contributed by atoms with Gasteiger partial charge in [0.05, 0.1) is 12.2 Å². The van der Waals surface area contributed by atoms with Crippen molar-refractivity contribution in [3.05, 3.63) is 61.9 Å². The monoisotopic (exact) mass is 556 g/mol. The number of ether oxygens (including phenoxy) is 1. The van der Waals surface area contributed by atoms with Crippen LogP contribution < -0.4 is 5.32 Å². The Morgan fingerprint density at radius 1 is 1.47 bits per heavy atom. The van der Waals surface area contributed by atoms with Crippen LogP contribution in [0.25, 0.3) is 0 Å². The van der Waals surface area contributed by atoms with Crippen molar-refractivity contribution >= 4 is 45.5 Å². The number of rotatable bonds is 6. The second kappa shape index (κ2) is 11.6. The van der Waals surface area contributed by atoms with Crippen LogP contribution >= 0.6 is 27.3 Å². The molecule has 4 rings (SSSR count). The molecule has 0 bridgehead atoms. The number of likely N-dealkylation sites (tertiary alicyclic amines) is 1. The van der Waals surface area contributed by atoms with E-state index in [0.717, 1.165) is 0 Å².